The van der Waals surface area contributed by atoms with E-state index in [1.54, 1.807) is 0 Å². The molecule has 0 unspecified atom stereocenters. The van der Waals surface area contributed by atoms with Crippen molar-refractivity contribution in [1.29, 1.82) is 0 Å². The van der Waals surface area contributed by atoms with Crippen LogP contribution < -0.4 is 10.1 Å². The van der Waals surface area contributed by atoms with Crippen LogP contribution in [-0.4, -0.2) is 31.8 Å². The fourth-order valence-electron chi connectivity index (χ4n) is 2.37. The second-order valence-corrected chi connectivity index (χ2v) is 5.73. The van der Waals surface area contributed by atoms with Gasteiger partial charge in [0.15, 0.2) is 0 Å². The molecule has 0 spiro atoms. The molecular formula is C15H21Cl2NO3. The van der Waals surface area contributed by atoms with Gasteiger partial charge in [-0.05, 0) is 29.7 Å². The van der Waals surface area contributed by atoms with Crippen molar-refractivity contribution in [1.82, 2.24) is 5.32 Å². The summed E-state index contributed by atoms with van der Waals surface area (Å²) in [6.45, 7) is 4.84. The van der Waals surface area contributed by atoms with E-state index >= 15 is 0 Å². The Hall–Kier alpha value is -0.970. The Balaban J connectivity index is 0.00000220. The van der Waals surface area contributed by atoms with Crippen LogP contribution in [0.3, 0.4) is 0 Å². The van der Waals surface area contributed by atoms with Crippen molar-refractivity contribution < 1.29 is 14.3 Å². The van der Waals surface area contributed by atoms with Gasteiger partial charge in [0.1, 0.15) is 17.9 Å². The number of carbonyl (C=O) groups excluding carboxylic acids is 1. The Labute approximate surface area is 136 Å². The zero-order valence-corrected chi connectivity index (χ0v) is 14.0. The summed E-state index contributed by atoms with van der Waals surface area (Å²) in [5.41, 5.74) is 1.08. The van der Waals surface area contributed by atoms with E-state index < -0.39 is 0 Å². The Bertz CT molecular complexity index is 494. The van der Waals surface area contributed by atoms with Gasteiger partial charge in [0.2, 0.25) is 0 Å². The van der Waals surface area contributed by atoms with Gasteiger partial charge in [-0.25, -0.2) is 0 Å². The lowest BCUT2D eigenvalue weighted by Crippen LogP contribution is -2.31. The van der Waals surface area contributed by atoms with E-state index in [9.17, 15) is 4.79 Å². The van der Waals surface area contributed by atoms with Crippen LogP contribution in [0.1, 0.15) is 31.7 Å². The molecule has 0 amide bonds. The average molecular weight is 334 g/mol. The number of hydrogen-bond acceptors (Lipinski definition) is 4. The molecule has 118 valence electrons. The molecule has 1 fully saturated rings. The third-order valence-corrected chi connectivity index (χ3v) is 3.70. The lowest BCUT2D eigenvalue weighted by atomic mass is 10.0. The number of benzene rings is 1. The molecule has 1 N–H and O–H groups in total. The number of ether oxygens (including phenoxy) is 2. The van der Waals surface area contributed by atoms with Gasteiger partial charge < -0.3 is 14.8 Å². The van der Waals surface area contributed by atoms with Gasteiger partial charge in [0, 0.05) is 18.0 Å². The summed E-state index contributed by atoms with van der Waals surface area (Å²) in [6.07, 6.45) is 0.588. The minimum Gasteiger partial charge on any atom is -0.489 e. The maximum atomic E-state index is 11.5. The normalized spacial score (nSPS) is 21.0. The van der Waals surface area contributed by atoms with Crippen molar-refractivity contribution in [2.24, 2.45) is 0 Å². The molecule has 1 aromatic rings. The smallest absolute Gasteiger partial charge is 0.323 e. The first kappa shape index (κ1) is 18.1. The van der Waals surface area contributed by atoms with E-state index in [-0.39, 0.29) is 30.5 Å². The van der Waals surface area contributed by atoms with Crippen LogP contribution >= 0.6 is 24.0 Å². The molecule has 0 saturated carbocycles. The summed E-state index contributed by atoms with van der Waals surface area (Å²) in [5, 5.41) is 3.82. The van der Waals surface area contributed by atoms with Gasteiger partial charge >= 0.3 is 5.97 Å². The summed E-state index contributed by atoms with van der Waals surface area (Å²) in [7, 11) is 1.40. The predicted octanol–water partition coefficient (Wildman–Crippen LogP) is 3.17. The molecule has 1 saturated heterocycles. The number of halogens is 2. The quantitative estimate of drug-likeness (QED) is 0.860. The van der Waals surface area contributed by atoms with Crippen LogP contribution in [0, 0.1) is 0 Å². The molecule has 1 aliphatic heterocycles. The first-order valence-corrected chi connectivity index (χ1v) is 7.16. The third kappa shape index (κ3) is 4.50. The second kappa shape index (κ2) is 7.87. The van der Waals surface area contributed by atoms with Crippen molar-refractivity contribution in [3.8, 4) is 5.75 Å². The number of nitrogens with one attached hydrogen (secondary N) is 1. The molecule has 0 radical (unpaired) electrons. The van der Waals surface area contributed by atoms with Crippen LogP contribution in [0.5, 0.6) is 5.75 Å². The van der Waals surface area contributed by atoms with E-state index in [1.165, 1.54) is 7.11 Å². The molecule has 2 rings (SSSR count). The zero-order chi connectivity index (χ0) is 14.7. The maximum Gasteiger partial charge on any atom is 0.323 e. The van der Waals surface area contributed by atoms with Crippen molar-refractivity contribution in [3.05, 3.63) is 28.8 Å². The van der Waals surface area contributed by atoms with E-state index in [0.717, 1.165) is 11.3 Å². The van der Waals surface area contributed by atoms with Crippen molar-refractivity contribution in [3.63, 3.8) is 0 Å². The molecular weight excluding hydrogens is 313 g/mol. The molecule has 2 atom stereocenters. The molecule has 1 aromatic carbocycles. The lowest BCUT2D eigenvalue weighted by molar-refractivity contribution is -0.142. The van der Waals surface area contributed by atoms with Gasteiger partial charge in [0.25, 0.3) is 0 Å². The minimum atomic E-state index is -0.278. The van der Waals surface area contributed by atoms with Crippen LogP contribution in [0.4, 0.5) is 0 Å². The summed E-state index contributed by atoms with van der Waals surface area (Å²) < 4.78 is 10.8. The topological polar surface area (TPSA) is 47.6 Å². The Kier molecular flexibility index (Phi) is 6.78. The molecule has 4 nitrogen and oxygen atoms in total. The number of rotatable bonds is 4. The number of esters is 1. The molecule has 21 heavy (non-hydrogen) atoms. The van der Waals surface area contributed by atoms with Gasteiger partial charge in [-0.2, -0.15) is 0 Å². The maximum absolute atomic E-state index is 11.5. The van der Waals surface area contributed by atoms with Gasteiger partial charge in [-0.15, -0.1) is 12.4 Å². The van der Waals surface area contributed by atoms with Gasteiger partial charge in [-0.3, -0.25) is 4.79 Å². The van der Waals surface area contributed by atoms with Crippen LogP contribution in [0.15, 0.2) is 18.2 Å². The zero-order valence-electron chi connectivity index (χ0n) is 12.4. The van der Waals surface area contributed by atoms with Crippen LogP contribution in [0.2, 0.25) is 5.02 Å². The predicted molar refractivity (Wildman–Crippen MR) is 85.6 cm³/mol. The highest BCUT2D eigenvalue weighted by Crippen LogP contribution is 2.31. The van der Waals surface area contributed by atoms with Crippen molar-refractivity contribution in [2.45, 2.75) is 38.3 Å². The second-order valence-electron chi connectivity index (χ2n) is 5.30. The summed E-state index contributed by atoms with van der Waals surface area (Å²) in [5.74, 6) is 0.924. The standard InChI is InChI=1S/C15H20ClNO3.ClH/c1-9(2)12-6-10(16)4-5-14(12)20-11-7-13(17-8-11)15(18)19-3;/h4-6,9,11,13,17H,7-8H2,1-3H3;1H/t11-,13+;/m1./s1. The largest absolute Gasteiger partial charge is 0.489 e. The number of carbonyl (C=O) groups is 1. The third-order valence-electron chi connectivity index (χ3n) is 3.46. The van der Waals surface area contributed by atoms with Crippen LogP contribution in [-0.2, 0) is 9.53 Å². The van der Waals surface area contributed by atoms with E-state index in [2.05, 4.69) is 19.2 Å². The fraction of sp³-hybridized carbons (Fsp3) is 0.533. The van der Waals surface area contributed by atoms with Crippen LogP contribution in [0.25, 0.3) is 0 Å². The average Bonchev–Trinajstić information content (AvgIpc) is 2.88. The first-order valence-electron chi connectivity index (χ1n) is 6.78. The first-order chi connectivity index (χ1) is 9.51. The molecule has 0 aromatic heterocycles. The summed E-state index contributed by atoms with van der Waals surface area (Å²) in [6, 6.07) is 5.37. The molecule has 0 bridgehead atoms. The molecule has 0 aliphatic carbocycles. The highest BCUT2D eigenvalue weighted by Gasteiger charge is 2.31. The van der Waals surface area contributed by atoms with E-state index in [4.69, 9.17) is 21.1 Å². The number of hydrogen-bond donors (Lipinski definition) is 1. The molecule has 6 heteroatoms. The summed E-state index contributed by atoms with van der Waals surface area (Å²) in [4.78, 5) is 11.5. The molecule has 1 heterocycles. The minimum absolute atomic E-state index is 0. The Morgan fingerprint density at radius 2 is 2.14 bits per heavy atom. The van der Waals surface area contributed by atoms with Crippen molar-refractivity contribution >= 4 is 30.0 Å². The van der Waals surface area contributed by atoms with Gasteiger partial charge in [0.05, 0.1) is 7.11 Å². The SMILES string of the molecule is COC(=O)[C@@H]1C[C@@H](Oc2ccc(Cl)cc2C(C)C)CN1.Cl. The van der Waals surface area contributed by atoms with Gasteiger partial charge in [-0.1, -0.05) is 25.4 Å². The monoisotopic (exact) mass is 333 g/mol. The highest BCUT2D eigenvalue weighted by molar-refractivity contribution is 6.30. The van der Waals surface area contributed by atoms with E-state index in [1.807, 2.05) is 18.2 Å². The fourth-order valence-corrected chi connectivity index (χ4v) is 2.55. The highest BCUT2D eigenvalue weighted by atomic mass is 35.5. The molecule has 1 aliphatic rings. The Morgan fingerprint density at radius 3 is 2.76 bits per heavy atom. The van der Waals surface area contributed by atoms with Crippen molar-refractivity contribution in [2.75, 3.05) is 13.7 Å². The lowest BCUT2D eigenvalue weighted by Gasteiger charge is -2.18. The van der Waals surface area contributed by atoms with E-state index in [0.29, 0.717) is 23.9 Å². The number of methoxy groups -OCH3 is 1. The summed E-state index contributed by atoms with van der Waals surface area (Å²) >= 11 is 6.03. The Morgan fingerprint density at radius 1 is 1.43 bits per heavy atom.